The van der Waals surface area contributed by atoms with Gasteiger partial charge in [-0.25, -0.2) is 24.3 Å². The Hall–Kier alpha value is -5.15. The third-order valence-electron chi connectivity index (χ3n) is 15.8. The first kappa shape index (κ1) is 54.6. The number of aryl methyl sites for hydroxylation is 1. The van der Waals surface area contributed by atoms with E-state index < -0.39 is 47.0 Å². The molecule has 4 aromatic rings. The van der Waals surface area contributed by atoms with Crippen LogP contribution in [0.5, 0.6) is 5.75 Å². The zero-order valence-corrected chi connectivity index (χ0v) is 46.0. The number of piperidine rings is 2. The molecule has 4 amide bonds. The SMILES string of the molecule is Cc1ncsc1-c1ccc(CNC(=O)[C@@H]2C[C@@H](O)CN2C(=O)[C@@H](NC(=O)C2(F)CC2)C(C)(C)C)c(OC2CCN(C(=O)C3CCC(Nc4nccc(Sc5cnc(N6CCC(C)(CN)CC6)cn5)c4Cl)CC3)CC2)c1. The number of thiazole rings is 1. The van der Waals surface area contributed by atoms with E-state index in [1.165, 1.54) is 28.0 Å². The third kappa shape index (κ3) is 12.8. The number of alkyl halides is 1. The van der Waals surface area contributed by atoms with E-state index in [4.69, 9.17) is 32.0 Å². The molecule has 0 spiro atoms. The van der Waals surface area contributed by atoms with Crippen molar-refractivity contribution in [3.05, 3.63) is 64.6 Å². The number of ether oxygens (including phenoxy) is 1. The van der Waals surface area contributed by atoms with E-state index in [2.05, 4.69) is 37.7 Å². The van der Waals surface area contributed by atoms with Crippen LogP contribution in [-0.2, 0) is 25.7 Å². The van der Waals surface area contributed by atoms with E-state index in [0.29, 0.717) is 49.1 Å². The van der Waals surface area contributed by atoms with Crippen LogP contribution in [0.25, 0.3) is 10.4 Å². The highest BCUT2D eigenvalue weighted by Gasteiger charge is 2.53. The molecule has 0 radical (unpaired) electrons. The fourth-order valence-corrected chi connectivity index (χ4v) is 12.4. The number of aliphatic hydroxyl groups is 1. The predicted molar refractivity (Wildman–Crippen MR) is 288 cm³/mol. The van der Waals surface area contributed by atoms with Crippen molar-refractivity contribution in [1.29, 1.82) is 0 Å². The summed E-state index contributed by atoms with van der Waals surface area (Å²) in [5.74, 6) is 0.327. The van der Waals surface area contributed by atoms with E-state index in [0.717, 1.165) is 89.1 Å². The summed E-state index contributed by atoms with van der Waals surface area (Å²) in [6.07, 6.45) is 10.9. The lowest BCUT2D eigenvalue weighted by atomic mass is 9.80. The highest BCUT2D eigenvalue weighted by molar-refractivity contribution is 7.99. The van der Waals surface area contributed by atoms with Crippen LogP contribution >= 0.6 is 34.7 Å². The van der Waals surface area contributed by atoms with Gasteiger partial charge in [0.1, 0.15) is 40.6 Å². The smallest absolute Gasteiger partial charge is 0.258 e. The van der Waals surface area contributed by atoms with Crippen molar-refractivity contribution >= 4 is 70.0 Å². The van der Waals surface area contributed by atoms with E-state index >= 15 is 0 Å². The van der Waals surface area contributed by atoms with Gasteiger partial charge in [-0.1, -0.05) is 63.2 Å². The van der Waals surface area contributed by atoms with Crippen molar-refractivity contribution in [3.8, 4) is 16.2 Å². The minimum absolute atomic E-state index is 0.0153. The lowest BCUT2D eigenvalue weighted by Gasteiger charge is -2.39. The maximum Gasteiger partial charge on any atom is 0.258 e. The molecular weight excluding hydrogens is 1020 g/mol. The number of pyridine rings is 1. The molecule has 3 aliphatic heterocycles. The molecule has 3 atom stereocenters. The Morgan fingerprint density at radius 3 is 2.36 bits per heavy atom. The highest BCUT2D eigenvalue weighted by Crippen LogP contribution is 2.42. The zero-order chi connectivity index (χ0) is 53.2. The summed E-state index contributed by atoms with van der Waals surface area (Å²) < 4.78 is 21.5. The number of anilines is 2. The topological polar surface area (TPSA) is 221 Å². The molecule has 404 valence electrons. The van der Waals surface area contributed by atoms with Crippen LogP contribution in [0.3, 0.4) is 0 Å². The third-order valence-corrected chi connectivity index (χ3v) is 18.3. The number of β-amino-alcohol motifs (C(OH)–C–C–N with tert-alkyl or cyclic N) is 1. The number of amides is 4. The average molecular weight is 1090 g/mol. The second kappa shape index (κ2) is 22.8. The maximum absolute atomic E-state index is 14.7. The van der Waals surface area contributed by atoms with Gasteiger partial charge in [-0.2, -0.15) is 0 Å². The number of nitrogens with zero attached hydrogens (tertiary/aromatic N) is 7. The van der Waals surface area contributed by atoms with Crippen molar-refractivity contribution < 1.29 is 33.4 Å². The predicted octanol–water partition coefficient (Wildman–Crippen LogP) is 7.33. The molecule has 2 aliphatic carbocycles. The number of rotatable bonds is 16. The number of halogens is 2. The van der Waals surface area contributed by atoms with Crippen LogP contribution in [0.2, 0.25) is 5.02 Å². The Morgan fingerprint density at radius 1 is 0.987 bits per heavy atom. The first-order chi connectivity index (χ1) is 35.8. The van der Waals surface area contributed by atoms with Crippen LogP contribution in [0, 0.1) is 23.7 Å². The molecule has 3 saturated heterocycles. The summed E-state index contributed by atoms with van der Waals surface area (Å²) in [6.45, 7) is 13.1. The first-order valence-electron chi connectivity index (χ1n) is 26.4. The molecule has 2 saturated carbocycles. The zero-order valence-electron chi connectivity index (χ0n) is 43.6. The molecule has 1 aromatic carbocycles. The van der Waals surface area contributed by atoms with Gasteiger partial charge < -0.3 is 46.2 Å². The quantitative estimate of drug-likeness (QED) is 0.0742. The van der Waals surface area contributed by atoms with Gasteiger partial charge in [-0.3, -0.25) is 19.2 Å². The van der Waals surface area contributed by atoms with Crippen molar-refractivity contribution in [2.45, 2.75) is 158 Å². The number of aromatic nitrogens is 4. The van der Waals surface area contributed by atoms with Gasteiger partial charge in [0, 0.05) is 87.1 Å². The van der Waals surface area contributed by atoms with Crippen LogP contribution in [0.15, 0.2) is 58.3 Å². The number of hydrogen-bond acceptors (Lipinski definition) is 15. The average Bonchev–Trinajstić information content (AvgIpc) is 3.81. The number of nitrogens with one attached hydrogen (secondary N) is 3. The molecule has 6 heterocycles. The van der Waals surface area contributed by atoms with Gasteiger partial charge >= 0.3 is 0 Å². The molecule has 3 aromatic heterocycles. The van der Waals surface area contributed by atoms with Gasteiger partial charge in [0.25, 0.3) is 5.91 Å². The molecule has 17 nitrogen and oxygen atoms in total. The summed E-state index contributed by atoms with van der Waals surface area (Å²) >= 11 is 9.91. The molecule has 0 bridgehead atoms. The maximum atomic E-state index is 14.7. The van der Waals surface area contributed by atoms with Gasteiger partial charge in [0.05, 0.1) is 39.6 Å². The molecule has 75 heavy (non-hydrogen) atoms. The minimum Gasteiger partial charge on any atom is -0.490 e. The number of carbonyl (C=O) groups is 4. The molecule has 0 unspecified atom stereocenters. The van der Waals surface area contributed by atoms with Gasteiger partial charge in [-0.15, -0.1) is 11.3 Å². The number of hydrogen-bond donors (Lipinski definition) is 5. The summed E-state index contributed by atoms with van der Waals surface area (Å²) in [7, 11) is 0. The van der Waals surface area contributed by atoms with Crippen LogP contribution < -0.4 is 31.3 Å². The summed E-state index contributed by atoms with van der Waals surface area (Å²) in [5.41, 5.74) is 7.74. The largest absolute Gasteiger partial charge is 0.490 e. The van der Waals surface area contributed by atoms with Crippen LogP contribution in [0.1, 0.15) is 110 Å². The van der Waals surface area contributed by atoms with E-state index in [9.17, 15) is 28.7 Å². The Kier molecular flexibility index (Phi) is 16.6. The molecule has 5 fully saturated rings. The van der Waals surface area contributed by atoms with E-state index in [1.54, 1.807) is 38.7 Å². The Balaban J connectivity index is 0.769. The van der Waals surface area contributed by atoms with Crippen LogP contribution in [0.4, 0.5) is 16.0 Å². The van der Waals surface area contributed by atoms with Crippen molar-refractivity contribution in [1.82, 2.24) is 40.4 Å². The highest BCUT2D eigenvalue weighted by atomic mass is 35.5. The Morgan fingerprint density at radius 2 is 1.72 bits per heavy atom. The van der Waals surface area contributed by atoms with Gasteiger partial charge in [0.15, 0.2) is 5.67 Å². The number of benzene rings is 1. The number of carbonyl (C=O) groups excluding carboxylic acids is 4. The van der Waals surface area contributed by atoms with Crippen LogP contribution in [-0.4, -0.2) is 134 Å². The van der Waals surface area contributed by atoms with Gasteiger partial charge in [-0.05, 0) is 93.4 Å². The molecule has 9 rings (SSSR count). The Labute approximate surface area is 452 Å². The fourth-order valence-electron chi connectivity index (χ4n) is 10.6. The number of aliphatic hydroxyl groups excluding tert-OH is 1. The van der Waals surface area contributed by atoms with Crippen molar-refractivity contribution in [3.63, 3.8) is 0 Å². The minimum atomic E-state index is -1.98. The Bertz CT molecular complexity index is 2700. The van der Waals surface area contributed by atoms with E-state index in [1.807, 2.05) is 42.3 Å². The molecule has 21 heteroatoms. The summed E-state index contributed by atoms with van der Waals surface area (Å²) in [6, 6.07) is 5.74. The normalized spacial score (nSPS) is 23.1. The van der Waals surface area contributed by atoms with Crippen molar-refractivity contribution in [2.24, 2.45) is 22.5 Å². The lowest BCUT2D eigenvalue weighted by Crippen LogP contribution is -2.59. The fraction of sp³-hybridized carbons (Fsp3) is 0.593. The monoisotopic (exact) mass is 1090 g/mol. The second-order valence-electron chi connectivity index (χ2n) is 22.6. The first-order valence-corrected chi connectivity index (χ1v) is 28.5. The van der Waals surface area contributed by atoms with Gasteiger partial charge in [0.2, 0.25) is 17.7 Å². The second-order valence-corrected chi connectivity index (χ2v) is 24.9. The molecule has 5 aliphatic rings. The standard InChI is InChI=1S/C54H71ClFN11O6S2/c1-32-45(74-31-62-32)34-6-7-35(26-61-48(69)39-25-37(68)29-67(39)50(71)46(52(2,3)4)64-51(72)54(56)15-16-54)40(24-34)73-38-13-20-66(21-14-38)49(70)33-8-10-36(11-9-33)63-47-44(55)41(12-19-58-47)75-43-28-59-42(27-60-43)65-22-17-53(5,30-57)18-23-65/h6-7,12,19,24,27-28,31,33,36-39,46,68H,8-11,13-18,20-23,25-26,29-30,57H2,1-5H3,(H,58,63)(H,61,69)(H,64,72)/t33?,36?,37-,39+,46-/m1/s1. The molecule has 6 N–H and O–H groups in total. The lowest BCUT2D eigenvalue weighted by molar-refractivity contribution is -0.145. The summed E-state index contributed by atoms with van der Waals surface area (Å²) in [5, 5.41) is 21.2. The van der Waals surface area contributed by atoms with Crippen molar-refractivity contribution in [2.75, 3.05) is 49.5 Å². The van der Waals surface area contributed by atoms with E-state index in [-0.39, 0.29) is 61.7 Å². The number of likely N-dealkylation sites (tertiary alicyclic amines) is 2. The summed E-state index contributed by atoms with van der Waals surface area (Å²) in [4.78, 5) is 80.5. The number of nitrogens with two attached hydrogens (primary N) is 1. The molecular formula is C54H71ClFN11O6S2.